The third-order valence-electron chi connectivity index (χ3n) is 4.69. The first-order chi connectivity index (χ1) is 16.2. The van der Waals surface area contributed by atoms with Gasteiger partial charge in [-0.1, -0.05) is 6.07 Å². The molecule has 6 nitrogen and oxygen atoms in total. The molecule has 0 bridgehead atoms. The maximum Gasteiger partial charge on any atom is 0.418 e. The number of carbonyl (C=O) groups is 1. The highest BCUT2D eigenvalue weighted by atomic mass is 35.5. The number of rotatable bonds is 8. The van der Waals surface area contributed by atoms with Crippen LogP contribution in [0.1, 0.15) is 16.1 Å². The number of halogens is 6. The van der Waals surface area contributed by atoms with E-state index in [1.807, 2.05) is 0 Å². The molecule has 2 aromatic heterocycles. The number of amides is 1. The second-order valence-electron chi connectivity index (χ2n) is 7.08. The van der Waals surface area contributed by atoms with E-state index in [-0.39, 0.29) is 36.4 Å². The van der Waals surface area contributed by atoms with Crippen LogP contribution in [0, 0.1) is 17.6 Å². The highest BCUT2D eigenvalue weighted by Crippen LogP contribution is 2.38. The summed E-state index contributed by atoms with van der Waals surface area (Å²) in [6.45, 7) is 0.406. The highest BCUT2D eigenvalue weighted by molar-refractivity contribution is 6.18. The van der Waals surface area contributed by atoms with Crippen LogP contribution in [0.2, 0.25) is 0 Å². The largest absolute Gasteiger partial charge is 0.491 e. The molecule has 1 amide bonds. The van der Waals surface area contributed by atoms with Crippen LogP contribution in [-0.4, -0.2) is 34.9 Å². The molecule has 3 N–H and O–H groups in total. The van der Waals surface area contributed by atoms with Gasteiger partial charge in [0.05, 0.1) is 29.6 Å². The Balaban J connectivity index is 1.96. The number of anilines is 1. The van der Waals surface area contributed by atoms with E-state index in [9.17, 15) is 26.7 Å². The van der Waals surface area contributed by atoms with Crippen molar-refractivity contribution in [2.75, 3.05) is 24.3 Å². The summed E-state index contributed by atoms with van der Waals surface area (Å²) < 4.78 is 74.7. The van der Waals surface area contributed by atoms with Gasteiger partial charge < -0.3 is 15.8 Å². The minimum atomic E-state index is -4.97. The van der Waals surface area contributed by atoms with Crippen molar-refractivity contribution < 1.29 is 31.5 Å². The lowest BCUT2D eigenvalue weighted by molar-refractivity contribution is -0.137. The number of alkyl halides is 4. The average Bonchev–Trinajstić information content (AvgIpc) is 2.80. The number of hydrogen-bond acceptors (Lipinski definition) is 5. The Labute approximate surface area is 195 Å². The lowest BCUT2D eigenvalue weighted by Gasteiger charge is -2.16. The summed E-state index contributed by atoms with van der Waals surface area (Å²) in [5.74, 6) is -3.17. The molecule has 12 heteroatoms. The van der Waals surface area contributed by atoms with Crippen molar-refractivity contribution in [1.82, 2.24) is 9.97 Å². The van der Waals surface area contributed by atoms with E-state index in [4.69, 9.17) is 22.1 Å². The summed E-state index contributed by atoms with van der Waals surface area (Å²) in [5.41, 5.74) is 1.72. The Hall–Kier alpha value is -3.31. The van der Waals surface area contributed by atoms with E-state index in [0.29, 0.717) is 6.07 Å². The van der Waals surface area contributed by atoms with Crippen LogP contribution in [0.5, 0.6) is 5.75 Å². The Kier molecular flexibility index (Phi) is 8.00. The maximum absolute atomic E-state index is 14.3. The van der Waals surface area contributed by atoms with Gasteiger partial charge in [-0.05, 0) is 30.8 Å². The molecule has 1 aromatic carbocycles. The van der Waals surface area contributed by atoms with Gasteiger partial charge in [0, 0.05) is 24.1 Å². The predicted octanol–water partition coefficient (Wildman–Crippen LogP) is 4.89. The van der Waals surface area contributed by atoms with Crippen molar-refractivity contribution in [3.8, 4) is 17.0 Å². The molecular formula is C22H18ClF5N4O2. The molecule has 0 radical (unpaired) electrons. The number of nitrogens with zero attached hydrogens (tertiary/aromatic N) is 2. The summed E-state index contributed by atoms with van der Waals surface area (Å²) in [7, 11) is 0. The fourth-order valence-corrected chi connectivity index (χ4v) is 3.12. The first-order valence-corrected chi connectivity index (χ1v) is 10.4. The fourth-order valence-electron chi connectivity index (χ4n) is 2.90. The fraction of sp³-hybridized carbons (Fsp3) is 0.227. The topological polar surface area (TPSA) is 90.1 Å². The number of aromatic nitrogens is 2. The number of ether oxygens (including phenoxy) is 1. The summed E-state index contributed by atoms with van der Waals surface area (Å²) in [5, 5.41) is 2.43. The smallest absolute Gasteiger partial charge is 0.418 e. The second-order valence-corrected chi connectivity index (χ2v) is 7.39. The zero-order valence-corrected chi connectivity index (χ0v) is 18.1. The monoisotopic (exact) mass is 500 g/mol. The third kappa shape index (κ3) is 5.78. The van der Waals surface area contributed by atoms with Crippen molar-refractivity contribution in [2.24, 2.45) is 11.7 Å². The lowest BCUT2D eigenvalue weighted by Crippen LogP contribution is -2.23. The van der Waals surface area contributed by atoms with Crippen molar-refractivity contribution in [2.45, 2.75) is 6.18 Å². The summed E-state index contributed by atoms with van der Waals surface area (Å²) >= 11 is 5.79. The van der Waals surface area contributed by atoms with Crippen molar-refractivity contribution in [3.63, 3.8) is 0 Å². The van der Waals surface area contributed by atoms with Crippen LogP contribution in [-0.2, 0) is 6.18 Å². The molecule has 3 rings (SSSR count). The van der Waals surface area contributed by atoms with Crippen LogP contribution < -0.4 is 15.8 Å². The van der Waals surface area contributed by atoms with E-state index in [1.54, 1.807) is 0 Å². The summed E-state index contributed by atoms with van der Waals surface area (Å²) in [4.78, 5) is 20.3. The van der Waals surface area contributed by atoms with Crippen LogP contribution in [0.15, 0.2) is 48.8 Å². The van der Waals surface area contributed by atoms with Gasteiger partial charge in [-0.2, -0.15) is 13.2 Å². The zero-order chi connectivity index (χ0) is 24.9. The van der Waals surface area contributed by atoms with Gasteiger partial charge in [0.2, 0.25) is 0 Å². The van der Waals surface area contributed by atoms with Crippen molar-refractivity contribution >= 4 is 23.2 Å². The SMILES string of the molecule is NCC(CCl)COc1ccncc1NC(=O)c1ccc(C(F)(F)F)c(-c2c(F)cccc2F)n1. The Bertz CT molecular complexity index is 1150. The number of nitrogens with two attached hydrogens (primary N) is 1. The Morgan fingerprint density at radius 2 is 1.85 bits per heavy atom. The molecule has 0 aliphatic carbocycles. The minimum absolute atomic E-state index is 0.0955. The molecule has 0 spiro atoms. The molecule has 0 aliphatic heterocycles. The molecule has 0 saturated heterocycles. The van der Waals surface area contributed by atoms with E-state index in [1.165, 1.54) is 18.5 Å². The normalized spacial score (nSPS) is 12.3. The van der Waals surface area contributed by atoms with Gasteiger partial charge in [-0.3, -0.25) is 9.78 Å². The molecule has 1 unspecified atom stereocenters. The van der Waals surface area contributed by atoms with Crippen LogP contribution in [0.4, 0.5) is 27.6 Å². The number of carbonyl (C=O) groups excluding carboxylic acids is 1. The average molecular weight is 501 g/mol. The molecule has 3 aromatic rings. The van der Waals surface area contributed by atoms with Gasteiger partial charge in [0.1, 0.15) is 28.8 Å². The van der Waals surface area contributed by atoms with Gasteiger partial charge in [0.15, 0.2) is 0 Å². The van der Waals surface area contributed by atoms with E-state index in [2.05, 4.69) is 15.3 Å². The first-order valence-electron chi connectivity index (χ1n) is 9.82. The quantitative estimate of drug-likeness (QED) is 0.340. The molecule has 2 heterocycles. The molecule has 0 saturated carbocycles. The van der Waals surface area contributed by atoms with Crippen LogP contribution in [0.3, 0.4) is 0 Å². The number of benzene rings is 1. The molecule has 34 heavy (non-hydrogen) atoms. The van der Waals surface area contributed by atoms with Gasteiger partial charge in [-0.25, -0.2) is 13.8 Å². The molecule has 0 aliphatic rings. The molecule has 180 valence electrons. The number of nitrogens with one attached hydrogen (secondary N) is 1. The van der Waals surface area contributed by atoms with Crippen LogP contribution in [0.25, 0.3) is 11.3 Å². The minimum Gasteiger partial charge on any atom is -0.491 e. The molecule has 1 atom stereocenters. The number of hydrogen-bond donors (Lipinski definition) is 2. The zero-order valence-electron chi connectivity index (χ0n) is 17.4. The lowest BCUT2D eigenvalue weighted by atomic mass is 10.0. The van der Waals surface area contributed by atoms with E-state index in [0.717, 1.165) is 24.3 Å². The van der Waals surface area contributed by atoms with Crippen molar-refractivity contribution in [1.29, 1.82) is 0 Å². The number of pyridine rings is 2. The standard InChI is InChI=1S/C22H18ClF5N4O2/c23-8-12(9-29)11-34-18-6-7-30-10-17(18)32-21(33)16-5-4-13(22(26,27)28)20(31-16)19-14(24)2-1-3-15(19)25/h1-7,10,12H,8-9,11,29H2,(H,32,33). The van der Waals surface area contributed by atoms with E-state index < -0.39 is 46.2 Å². The molecular weight excluding hydrogens is 483 g/mol. The Morgan fingerprint density at radius 1 is 1.15 bits per heavy atom. The van der Waals surface area contributed by atoms with Crippen molar-refractivity contribution in [3.05, 3.63) is 71.7 Å². The second kappa shape index (κ2) is 10.7. The summed E-state index contributed by atoms with van der Waals surface area (Å²) in [6.07, 6.45) is -2.32. The third-order valence-corrected chi connectivity index (χ3v) is 5.12. The Morgan fingerprint density at radius 3 is 2.47 bits per heavy atom. The highest BCUT2D eigenvalue weighted by Gasteiger charge is 2.36. The maximum atomic E-state index is 14.3. The van der Waals surface area contributed by atoms with Crippen LogP contribution >= 0.6 is 11.6 Å². The molecule has 0 fully saturated rings. The van der Waals surface area contributed by atoms with E-state index >= 15 is 0 Å². The van der Waals surface area contributed by atoms with Gasteiger partial charge in [0.25, 0.3) is 5.91 Å². The van der Waals surface area contributed by atoms with Gasteiger partial charge in [-0.15, -0.1) is 11.6 Å². The predicted molar refractivity (Wildman–Crippen MR) is 116 cm³/mol. The summed E-state index contributed by atoms with van der Waals surface area (Å²) in [6, 6.07) is 5.38. The van der Waals surface area contributed by atoms with Gasteiger partial charge >= 0.3 is 6.18 Å². The first kappa shape index (κ1) is 25.3.